The number of methoxy groups -OCH3 is 4. The zero-order valence-electron chi connectivity index (χ0n) is 13.0. The van der Waals surface area contributed by atoms with Gasteiger partial charge in [0, 0.05) is 28.4 Å². The van der Waals surface area contributed by atoms with Gasteiger partial charge in [-0.25, -0.2) is 0 Å². The van der Waals surface area contributed by atoms with E-state index in [0.29, 0.717) is 19.3 Å². The van der Waals surface area contributed by atoms with E-state index in [2.05, 4.69) is 13.8 Å². The Balaban J connectivity index is 0. The molecule has 0 aliphatic heterocycles. The minimum atomic E-state index is 0.0694. The second kappa shape index (κ2) is 16.8. The van der Waals surface area contributed by atoms with Crippen molar-refractivity contribution in [3.8, 4) is 0 Å². The molecule has 0 aromatic heterocycles. The van der Waals surface area contributed by atoms with Gasteiger partial charge in [0.15, 0.2) is 0 Å². The van der Waals surface area contributed by atoms with Crippen molar-refractivity contribution in [3.63, 3.8) is 0 Å². The molecule has 0 heterocycles. The molecule has 18 heavy (non-hydrogen) atoms. The van der Waals surface area contributed by atoms with Crippen LogP contribution in [0.15, 0.2) is 0 Å². The van der Waals surface area contributed by atoms with Crippen LogP contribution in [0.4, 0.5) is 0 Å². The van der Waals surface area contributed by atoms with Crippen LogP contribution in [0, 0.1) is 0 Å². The molecule has 0 spiro atoms. The van der Waals surface area contributed by atoms with Gasteiger partial charge >= 0.3 is 0 Å². The lowest BCUT2D eigenvalue weighted by Crippen LogP contribution is -2.22. The third-order valence-corrected chi connectivity index (χ3v) is 2.59. The third kappa shape index (κ3) is 13.9. The van der Waals surface area contributed by atoms with Gasteiger partial charge in [-0.3, -0.25) is 0 Å². The fourth-order valence-corrected chi connectivity index (χ4v) is 1.58. The smallest absolute Gasteiger partial charge is 0.104 e. The van der Waals surface area contributed by atoms with E-state index in [-0.39, 0.29) is 6.10 Å². The molecule has 0 amide bonds. The molecule has 112 valence electrons. The molecular weight excluding hydrogens is 232 g/mol. The van der Waals surface area contributed by atoms with Crippen molar-refractivity contribution in [3.05, 3.63) is 0 Å². The van der Waals surface area contributed by atoms with Crippen LogP contribution in [-0.4, -0.2) is 53.9 Å². The summed E-state index contributed by atoms with van der Waals surface area (Å²) in [4.78, 5) is 0. The van der Waals surface area contributed by atoms with Crippen LogP contribution in [0.2, 0.25) is 0 Å². The zero-order chi connectivity index (χ0) is 14.2. The van der Waals surface area contributed by atoms with Crippen molar-refractivity contribution >= 4 is 0 Å². The van der Waals surface area contributed by atoms with Gasteiger partial charge in [0.2, 0.25) is 0 Å². The second-order valence-electron chi connectivity index (χ2n) is 4.20. The van der Waals surface area contributed by atoms with E-state index in [1.54, 1.807) is 28.4 Å². The normalized spacial score (nSPS) is 10.7. The maximum atomic E-state index is 5.23. The van der Waals surface area contributed by atoms with E-state index in [1.807, 2.05) is 0 Å². The Morgan fingerprint density at radius 1 is 0.667 bits per heavy atom. The third-order valence-electron chi connectivity index (χ3n) is 2.59. The molecule has 0 aliphatic carbocycles. The Morgan fingerprint density at radius 2 is 1.06 bits per heavy atom. The van der Waals surface area contributed by atoms with Crippen LogP contribution in [-0.2, 0) is 18.9 Å². The number of ether oxygens (including phenoxy) is 4. The van der Waals surface area contributed by atoms with Gasteiger partial charge in [-0.2, -0.15) is 0 Å². The van der Waals surface area contributed by atoms with Crippen molar-refractivity contribution in [2.24, 2.45) is 0 Å². The summed E-state index contributed by atoms with van der Waals surface area (Å²) in [6, 6.07) is 0. The minimum absolute atomic E-state index is 0.0694. The molecule has 4 nitrogen and oxygen atoms in total. The first-order valence-corrected chi connectivity index (χ1v) is 6.73. The molecule has 0 saturated carbocycles. The largest absolute Gasteiger partial charge is 0.382 e. The van der Waals surface area contributed by atoms with Crippen molar-refractivity contribution in [1.29, 1.82) is 0 Å². The van der Waals surface area contributed by atoms with Crippen molar-refractivity contribution in [2.75, 3.05) is 41.7 Å². The summed E-state index contributed by atoms with van der Waals surface area (Å²) in [5.41, 5.74) is 0. The molecular formula is C14H32O4. The molecule has 0 aliphatic rings. The topological polar surface area (TPSA) is 36.9 Å². The van der Waals surface area contributed by atoms with Gasteiger partial charge in [-0.05, 0) is 12.8 Å². The lowest BCUT2D eigenvalue weighted by molar-refractivity contribution is -0.0178. The van der Waals surface area contributed by atoms with Crippen molar-refractivity contribution in [1.82, 2.24) is 0 Å². The average molecular weight is 264 g/mol. The quantitative estimate of drug-likeness (QED) is 0.608. The van der Waals surface area contributed by atoms with Crippen molar-refractivity contribution in [2.45, 2.75) is 51.7 Å². The van der Waals surface area contributed by atoms with Crippen LogP contribution in [0.25, 0.3) is 0 Å². The Morgan fingerprint density at radius 3 is 1.28 bits per heavy atom. The summed E-state index contributed by atoms with van der Waals surface area (Å²) in [5.74, 6) is 0. The molecule has 0 rings (SSSR count). The molecule has 0 bridgehead atoms. The fourth-order valence-electron chi connectivity index (χ4n) is 1.58. The maximum Gasteiger partial charge on any atom is 0.104 e. The lowest BCUT2D eigenvalue weighted by Gasteiger charge is -2.11. The molecule has 0 aromatic rings. The van der Waals surface area contributed by atoms with Crippen molar-refractivity contribution < 1.29 is 18.9 Å². The summed E-state index contributed by atoms with van der Waals surface area (Å²) in [5, 5.41) is 0. The first-order chi connectivity index (χ1) is 8.69. The zero-order valence-corrected chi connectivity index (χ0v) is 13.0. The van der Waals surface area contributed by atoms with Crippen LogP contribution in [0.3, 0.4) is 0 Å². The molecule has 0 fully saturated rings. The predicted molar refractivity (Wildman–Crippen MR) is 75.2 cm³/mol. The minimum Gasteiger partial charge on any atom is -0.382 e. The highest BCUT2D eigenvalue weighted by atomic mass is 16.5. The highest BCUT2D eigenvalue weighted by Gasteiger charge is 2.03. The summed E-state index contributed by atoms with van der Waals surface area (Å²) in [7, 11) is 6.72. The highest BCUT2D eigenvalue weighted by Crippen LogP contribution is 2.06. The first kappa shape index (κ1) is 20.2. The van der Waals surface area contributed by atoms with Gasteiger partial charge in [0.1, 0.15) is 6.10 Å². The van der Waals surface area contributed by atoms with Crippen LogP contribution in [0.5, 0.6) is 0 Å². The summed E-state index contributed by atoms with van der Waals surface area (Å²) < 4.78 is 19.9. The van der Waals surface area contributed by atoms with Crippen LogP contribution in [0.1, 0.15) is 39.5 Å². The molecule has 0 aromatic carbocycles. The lowest BCUT2D eigenvalue weighted by atomic mass is 10.1. The van der Waals surface area contributed by atoms with E-state index in [0.717, 1.165) is 0 Å². The van der Waals surface area contributed by atoms with Crippen LogP contribution >= 0.6 is 0 Å². The highest BCUT2D eigenvalue weighted by molar-refractivity contribution is 4.54. The molecule has 0 saturated heterocycles. The standard InChI is InChI=1S/C8H18O.C6H14O3/c1-4-6-8(9-3)7-5-2;1-7-4-6(9-3)5-8-2/h8H,4-7H2,1-3H3;6H,4-5H2,1-3H3. The Labute approximate surface area is 113 Å². The van der Waals surface area contributed by atoms with E-state index < -0.39 is 0 Å². The van der Waals surface area contributed by atoms with E-state index in [9.17, 15) is 0 Å². The van der Waals surface area contributed by atoms with Gasteiger partial charge in [0.05, 0.1) is 19.3 Å². The van der Waals surface area contributed by atoms with Crippen LogP contribution < -0.4 is 0 Å². The maximum absolute atomic E-state index is 5.23. The summed E-state index contributed by atoms with van der Waals surface area (Å²) >= 11 is 0. The second-order valence-corrected chi connectivity index (χ2v) is 4.20. The van der Waals surface area contributed by atoms with E-state index in [4.69, 9.17) is 18.9 Å². The number of hydrogen-bond acceptors (Lipinski definition) is 4. The van der Waals surface area contributed by atoms with Gasteiger partial charge in [-0.1, -0.05) is 26.7 Å². The first-order valence-electron chi connectivity index (χ1n) is 6.73. The molecule has 4 heteroatoms. The SMILES string of the molecule is CCCC(CCC)OC.COCC(COC)OC. The Hall–Kier alpha value is -0.160. The average Bonchev–Trinajstić information content (AvgIpc) is 2.39. The van der Waals surface area contributed by atoms with Gasteiger partial charge in [0.25, 0.3) is 0 Å². The summed E-state index contributed by atoms with van der Waals surface area (Å²) in [6.45, 7) is 5.57. The molecule has 0 radical (unpaired) electrons. The Bertz CT molecular complexity index is 114. The predicted octanol–water partition coefficient (Wildman–Crippen LogP) is 2.90. The fraction of sp³-hybridized carbons (Fsp3) is 1.00. The number of hydrogen-bond donors (Lipinski definition) is 0. The molecule has 0 N–H and O–H groups in total. The molecule has 0 atom stereocenters. The van der Waals surface area contributed by atoms with Gasteiger partial charge < -0.3 is 18.9 Å². The monoisotopic (exact) mass is 264 g/mol. The molecule has 0 unspecified atom stereocenters. The van der Waals surface area contributed by atoms with E-state index in [1.165, 1.54) is 25.7 Å². The summed E-state index contributed by atoms with van der Waals surface area (Å²) in [6.07, 6.45) is 5.48. The Kier molecular flexibility index (Phi) is 18.9. The number of rotatable bonds is 10. The van der Waals surface area contributed by atoms with Gasteiger partial charge in [-0.15, -0.1) is 0 Å². The van der Waals surface area contributed by atoms with E-state index >= 15 is 0 Å².